The number of aromatic nitrogens is 2. The summed E-state index contributed by atoms with van der Waals surface area (Å²) in [5, 5.41) is 10.8. The van der Waals surface area contributed by atoms with Gasteiger partial charge < -0.3 is 9.67 Å². The first kappa shape index (κ1) is 11.0. The summed E-state index contributed by atoms with van der Waals surface area (Å²) < 4.78 is 2.10. The maximum atomic E-state index is 10.5. The van der Waals surface area contributed by atoms with Crippen molar-refractivity contribution in [1.29, 1.82) is 0 Å². The van der Waals surface area contributed by atoms with Crippen molar-refractivity contribution in [2.24, 2.45) is 0 Å². The van der Waals surface area contributed by atoms with E-state index in [0.717, 1.165) is 24.5 Å². The van der Waals surface area contributed by atoms with Gasteiger partial charge in [-0.1, -0.05) is 6.92 Å². The second-order valence-corrected chi connectivity index (χ2v) is 5.62. The summed E-state index contributed by atoms with van der Waals surface area (Å²) in [6.45, 7) is 5.13. The van der Waals surface area contributed by atoms with Crippen LogP contribution in [0.4, 0.5) is 0 Å². The van der Waals surface area contributed by atoms with E-state index >= 15 is 0 Å². The fraction of sp³-hybridized carbons (Fsp3) is 0.727. The van der Waals surface area contributed by atoms with E-state index in [-0.39, 0.29) is 0 Å². The highest BCUT2D eigenvalue weighted by Gasteiger charge is 2.39. The molecule has 0 aliphatic carbocycles. The average Bonchev–Trinajstić information content (AvgIpc) is 2.76. The van der Waals surface area contributed by atoms with Crippen LogP contribution in [0.3, 0.4) is 0 Å². The lowest BCUT2D eigenvalue weighted by Gasteiger charge is -2.26. The largest absolute Gasteiger partial charge is 0.388 e. The fourth-order valence-electron chi connectivity index (χ4n) is 2.07. The lowest BCUT2D eigenvalue weighted by molar-refractivity contribution is 0.0436. The average molecular weight is 226 g/mol. The fourth-order valence-corrected chi connectivity index (χ4v) is 3.41. The molecule has 1 fully saturated rings. The van der Waals surface area contributed by atoms with Crippen molar-refractivity contribution >= 4 is 11.8 Å². The van der Waals surface area contributed by atoms with E-state index in [1.54, 1.807) is 0 Å². The minimum Gasteiger partial charge on any atom is -0.388 e. The van der Waals surface area contributed by atoms with Crippen LogP contribution in [0.5, 0.6) is 0 Å². The summed E-state index contributed by atoms with van der Waals surface area (Å²) in [6, 6.07) is 0. The minimum absolute atomic E-state index is 0.319. The lowest BCUT2D eigenvalue weighted by Crippen LogP contribution is -2.37. The Labute approximate surface area is 94.9 Å². The van der Waals surface area contributed by atoms with Gasteiger partial charge in [0.2, 0.25) is 0 Å². The monoisotopic (exact) mass is 226 g/mol. The van der Waals surface area contributed by atoms with Crippen molar-refractivity contribution in [1.82, 2.24) is 9.55 Å². The number of rotatable bonds is 3. The molecule has 2 heterocycles. The SMILES string of the molecule is CCn1ccnc1CC1(O)CCSC1C. The topological polar surface area (TPSA) is 38.0 Å². The standard InChI is InChI=1S/C11H18N2OS/c1-3-13-6-5-12-10(13)8-11(14)4-7-15-9(11)2/h5-6,9,14H,3-4,7-8H2,1-2H3. The van der Waals surface area contributed by atoms with Gasteiger partial charge in [0.25, 0.3) is 0 Å². The molecule has 84 valence electrons. The van der Waals surface area contributed by atoms with E-state index in [1.807, 2.05) is 24.2 Å². The Hall–Kier alpha value is -0.480. The molecule has 0 saturated carbocycles. The quantitative estimate of drug-likeness (QED) is 0.852. The predicted molar refractivity (Wildman–Crippen MR) is 63.1 cm³/mol. The first-order chi connectivity index (χ1) is 7.15. The van der Waals surface area contributed by atoms with Crippen LogP contribution in [0.1, 0.15) is 26.1 Å². The zero-order chi connectivity index (χ0) is 10.9. The van der Waals surface area contributed by atoms with Gasteiger partial charge in [-0.25, -0.2) is 4.98 Å². The summed E-state index contributed by atoms with van der Waals surface area (Å²) in [4.78, 5) is 4.32. The smallest absolute Gasteiger partial charge is 0.111 e. The molecule has 2 unspecified atom stereocenters. The van der Waals surface area contributed by atoms with Crippen LogP contribution >= 0.6 is 11.8 Å². The minimum atomic E-state index is -0.553. The van der Waals surface area contributed by atoms with Crippen LogP contribution in [-0.4, -0.2) is 31.3 Å². The molecule has 0 bridgehead atoms. The molecular weight excluding hydrogens is 208 g/mol. The molecule has 1 aromatic heterocycles. The molecule has 0 aromatic carbocycles. The Bertz CT molecular complexity index is 339. The number of aliphatic hydroxyl groups is 1. The molecule has 2 atom stereocenters. The van der Waals surface area contributed by atoms with E-state index in [4.69, 9.17) is 0 Å². The van der Waals surface area contributed by atoms with Gasteiger partial charge in [0.05, 0.1) is 5.60 Å². The highest BCUT2D eigenvalue weighted by Crippen LogP contribution is 2.37. The molecule has 4 heteroatoms. The molecule has 3 nitrogen and oxygen atoms in total. The van der Waals surface area contributed by atoms with Gasteiger partial charge in [0, 0.05) is 30.6 Å². The molecule has 1 N–H and O–H groups in total. The van der Waals surface area contributed by atoms with Gasteiger partial charge in [-0.05, 0) is 19.1 Å². The predicted octanol–water partition coefficient (Wildman–Crippen LogP) is 1.70. The summed E-state index contributed by atoms with van der Waals surface area (Å²) in [5.74, 6) is 2.07. The molecule has 0 radical (unpaired) electrons. The molecule has 0 spiro atoms. The summed E-state index contributed by atoms with van der Waals surface area (Å²) in [5.41, 5.74) is -0.553. The van der Waals surface area contributed by atoms with Crippen LogP contribution in [0.2, 0.25) is 0 Å². The molecule has 1 aliphatic rings. The number of imidazole rings is 1. The van der Waals surface area contributed by atoms with E-state index in [0.29, 0.717) is 11.7 Å². The zero-order valence-corrected chi connectivity index (χ0v) is 10.1. The third kappa shape index (κ3) is 2.06. The van der Waals surface area contributed by atoms with E-state index in [1.165, 1.54) is 0 Å². The van der Waals surface area contributed by atoms with Gasteiger partial charge in [0.15, 0.2) is 0 Å². The normalized spacial score (nSPS) is 31.0. The molecule has 1 saturated heterocycles. The van der Waals surface area contributed by atoms with Gasteiger partial charge in [0.1, 0.15) is 5.82 Å². The third-order valence-corrected chi connectivity index (χ3v) is 4.64. The van der Waals surface area contributed by atoms with Crippen molar-refractivity contribution in [3.63, 3.8) is 0 Å². The molecule has 1 aliphatic heterocycles. The Morgan fingerprint density at radius 3 is 3.13 bits per heavy atom. The van der Waals surface area contributed by atoms with Crippen LogP contribution in [0.15, 0.2) is 12.4 Å². The number of hydrogen-bond acceptors (Lipinski definition) is 3. The van der Waals surface area contributed by atoms with Crippen molar-refractivity contribution in [3.8, 4) is 0 Å². The van der Waals surface area contributed by atoms with E-state index < -0.39 is 5.60 Å². The van der Waals surface area contributed by atoms with Crippen molar-refractivity contribution < 1.29 is 5.11 Å². The molecular formula is C11H18N2OS. The van der Waals surface area contributed by atoms with Crippen molar-refractivity contribution in [2.75, 3.05) is 5.75 Å². The van der Waals surface area contributed by atoms with E-state index in [2.05, 4.69) is 23.4 Å². The van der Waals surface area contributed by atoms with Crippen LogP contribution in [0.25, 0.3) is 0 Å². The lowest BCUT2D eigenvalue weighted by atomic mass is 9.93. The second-order valence-electron chi connectivity index (χ2n) is 4.17. The first-order valence-electron chi connectivity index (χ1n) is 5.49. The van der Waals surface area contributed by atoms with E-state index in [9.17, 15) is 5.11 Å². The summed E-state index contributed by atoms with van der Waals surface area (Å²) in [7, 11) is 0. The molecule has 1 aromatic rings. The Morgan fingerprint density at radius 1 is 1.73 bits per heavy atom. The van der Waals surface area contributed by atoms with Gasteiger partial charge >= 0.3 is 0 Å². The number of aryl methyl sites for hydroxylation is 1. The Morgan fingerprint density at radius 2 is 2.53 bits per heavy atom. The van der Waals surface area contributed by atoms with Crippen LogP contribution in [0, 0.1) is 0 Å². The van der Waals surface area contributed by atoms with Gasteiger partial charge in [-0.3, -0.25) is 0 Å². The van der Waals surface area contributed by atoms with Crippen molar-refractivity contribution in [3.05, 3.63) is 18.2 Å². The second kappa shape index (κ2) is 4.18. The number of hydrogen-bond donors (Lipinski definition) is 1. The summed E-state index contributed by atoms with van der Waals surface area (Å²) >= 11 is 1.85. The van der Waals surface area contributed by atoms with Crippen molar-refractivity contribution in [2.45, 2.75) is 44.1 Å². The van der Waals surface area contributed by atoms with Crippen LogP contribution < -0.4 is 0 Å². The summed E-state index contributed by atoms with van der Waals surface area (Å²) in [6.07, 6.45) is 5.36. The maximum absolute atomic E-state index is 10.5. The molecule has 15 heavy (non-hydrogen) atoms. The number of nitrogens with zero attached hydrogens (tertiary/aromatic N) is 2. The Kier molecular flexibility index (Phi) is 3.07. The highest BCUT2D eigenvalue weighted by molar-refractivity contribution is 8.00. The molecule has 0 amide bonds. The maximum Gasteiger partial charge on any atom is 0.111 e. The van der Waals surface area contributed by atoms with Crippen LogP contribution in [-0.2, 0) is 13.0 Å². The molecule has 2 rings (SSSR count). The number of thioether (sulfide) groups is 1. The highest BCUT2D eigenvalue weighted by atomic mass is 32.2. The first-order valence-corrected chi connectivity index (χ1v) is 6.54. The van der Waals surface area contributed by atoms with Gasteiger partial charge in [-0.15, -0.1) is 0 Å². The third-order valence-electron chi connectivity index (χ3n) is 3.27. The Balaban J connectivity index is 2.14. The zero-order valence-electron chi connectivity index (χ0n) is 9.31. The van der Waals surface area contributed by atoms with Gasteiger partial charge in [-0.2, -0.15) is 11.8 Å².